The Hall–Kier alpha value is -0.690. The van der Waals surface area contributed by atoms with Crippen LogP contribution in [0.4, 0.5) is 0 Å². The SMILES string of the molecule is CCCCCCCCCCCCN(CCCCCCCCCCCC)CCN(CCCCCCCCCCCC)CC(=O)N1CCN(C(C)N(CCCCCCCCCCCC)CCCCCCCCCCCC)CC1. The van der Waals surface area contributed by atoms with Crippen LogP contribution in [0.25, 0.3) is 0 Å². The van der Waals surface area contributed by atoms with Crippen molar-refractivity contribution >= 4 is 5.91 Å². The van der Waals surface area contributed by atoms with Crippen molar-refractivity contribution in [3.8, 4) is 0 Å². The van der Waals surface area contributed by atoms with Gasteiger partial charge in [0.2, 0.25) is 5.91 Å². The van der Waals surface area contributed by atoms with Crippen LogP contribution in [-0.4, -0.2) is 115 Å². The molecule has 0 N–H and O–H groups in total. The van der Waals surface area contributed by atoms with Crippen molar-refractivity contribution < 1.29 is 4.79 Å². The molecule has 1 heterocycles. The lowest BCUT2D eigenvalue weighted by atomic mass is 10.1. The van der Waals surface area contributed by atoms with E-state index in [2.05, 4.69) is 66.0 Å². The fourth-order valence-corrected chi connectivity index (χ4v) is 12.3. The molecule has 76 heavy (non-hydrogen) atoms. The fourth-order valence-electron chi connectivity index (χ4n) is 12.3. The van der Waals surface area contributed by atoms with Gasteiger partial charge in [-0.2, -0.15) is 0 Å². The van der Waals surface area contributed by atoms with Crippen molar-refractivity contribution in [2.24, 2.45) is 0 Å². The van der Waals surface area contributed by atoms with Gasteiger partial charge in [0.05, 0.1) is 12.7 Å². The van der Waals surface area contributed by atoms with Crippen LogP contribution in [0.15, 0.2) is 0 Å². The molecular weight excluding hydrogens is 927 g/mol. The fraction of sp³-hybridized carbons (Fsp3) is 0.986. The Bertz CT molecular complexity index is 1080. The lowest BCUT2D eigenvalue weighted by Gasteiger charge is -2.43. The van der Waals surface area contributed by atoms with E-state index in [0.29, 0.717) is 18.6 Å². The number of nitrogens with zero attached hydrogens (tertiary/aromatic N) is 5. The average molecular weight is 1070 g/mol. The third-order valence-corrected chi connectivity index (χ3v) is 17.9. The summed E-state index contributed by atoms with van der Waals surface area (Å²) in [5, 5.41) is 0. The molecule has 1 saturated heterocycles. The minimum absolute atomic E-state index is 0.392. The topological polar surface area (TPSA) is 33.3 Å². The second-order valence-electron chi connectivity index (χ2n) is 25.1. The van der Waals surface area contributed by atoms with Crippen LogP contribution in [0.3, 0.4) is 0 Å². The normalized spacial score (nSPS) is 13.9. The van der Waals surface area contributed by atoms with Gasteiger partial charge >= 0.3 is 0 Å². The van der Waals surface area contributed by atoms with Gasteiger partial charge in [0.1, 0.15) is 0 Å². The third-order valence-electron chi connectivity index (χ3n) is 17.9. The molecule has 0 spiro atoms. The Balaban J connectivity index is 2.87. The third kappa shape index (κ3) is 47.0. The molecule has 0 bridgehead atoms. The standard InChI is InChI=1S/C70H143N5O/c1-7-12-17-22-27-32-37-42-47-52-57-71(58-53-48-43-38-33-28-23-18-13-8-2)62-63-72(59-54-49-44-39-34-29-24-19-14-9-3)68-70(76)75-66-64-74(65-67-75)69(6)73(60-55-50-45-40-35-30-25-20-15-10-4)61-56-51-46-41-36-31-26-21-16-11-5/h69H,7-68H2,1-6H3. The summed E-state index contributed by atoms with van der Waals surface area (Å²) in [5.74, 6) is 0.392. The maximum absolute atomic E-state index is 14.4. The summed E-state index contributed by atoms with van der Waals surface area (Å²) in [6.07, 6.45) is 70.3. The Kier molecular flexibility index (Phi) is 56.9. The molecule has 1 rings (SSSR count). The molecule has 0 aromatic rings. The Morgan fingerprint density at radius 1 is 0.289 bits per heavy atom. The van der Waals surface area contributed by atoms with E-state index < -0.39 is 0 Å². The quantitative estimate of drug-likeness (QED) is 0.0567. The highest BCUT2D eigenvalue weighted by Gasteiger charge is 2.28. The molecule has 1 fully saturated rings. The van der Waals surface area contributed by atoms with E-state index >= 15 is 0 Å². The number of piperazine rings is 1. The maximum atomic E-state index is 14.4. The summed E-state index contributed by atoms with van der Waals surface area (Å²) in [5.41, 5.74) is 0. The van der Waals surface area contributed by atoms with Crippen LogP contribution < -0.4 is 0 Å². The van der Waals surface area contributed by atoms with E-state index in [-0.39, 0.29) is 0 Å². The van der Waals surface area contributed by atoms with Crippen LogP contribution in [0.5, 0.6) is 0 Å². The van der Waals surface area contributed by atoms with E-state index in [4.69, 9.17) is 0 Å². The van der Waals surface area contributed by atoms with Crippen LogP contribution in [0, 0.1) is 0 Å². The molecule has 1 aliphatic heterocycles. The molecule has 0 radical (unpaired) electrons. The predicted octanol–water partition coefficient (Wildman–Crippen LogP) is 21.0. The number of rotatable bonds is 62. The van der Waals surface area contributed by atoms with E-state index in [9.17, 15) is 4.79 Å². The second-order valence-corrected chi connectivity index (χ2v) is 25.1. The first-order valence-electron chi connectivity index (χ1n) is 35.7. The zero-order chi connectivity index (χ0) is 54.9. The number of amides is 1. The molecule has 0 saturated carbocycles. The lowest BCUT2D eigenvalue weighted by molar-refractivity contribution is -0.135. The number of carbonyl (C=O) groups is 1. The predicted molar refractivity (Wildman–Crippen MR) is 341 cm³/mol. The first-order valence-corrected chi connectivity index (χ1v) is 35.7. The van der Waals surface area contributed by atoms with Gasteiger partial charge in [0, 0.05) is 39.3 Å². The smallest absolute Gasteiger partial charge is 0.236 e. The Labute approximate surface area is 480 Å². The van der Waals surface area contributed by atoms with Gasteiger partial charge in [-0.05, 0) is 71.8 Å². The molecular formula is C70H143N5O. The molecule has 6 nitrogen and oxygen atoms in total. The van der Waals surface area contributed by atoms with Gasteiger partial charge in [0.25, 0.3) is 0 Å². The summed E-state index contributed by atoms with van der Waals surface area (Å²) in [4.78, 5) is 27.6. The average Bonchev–Trinajstić information content (AvgIpc) is 3.43. The van der Waals surface area contributed by atoms with Crippen molar-refractivity contribution in [3.05, 3.63) is 0 Å². The van der Waals surface area contributed by atoms with Gasteiger partial charge in [-0.15, -0.1) is 0 Å². The number of hydrogen-bond acceptors (Lipinski definition) is 5. The number of unbranched alkanes of at least 4 members (excludes halogenated alkanes) is 45. The molecule has 0 aromatic carbocycles. The van der Waals surface area contributed by atoms with Crippen molar-refractivity contribution in [1.29, 1.82) is 0 Å². The molecule has 0 aliphatic carbocycles. The molecule has 0 aromatic heterocycles. The van der Waals surface area contributed by atoms with Crippen molar-refractivity contribution in [2.45, 2.75) is 369 Å². The molecule has 1 amide bonds. The van der Waals surface area contributed by atoms with E-state index in [1.165, 1.54) is 347 Å². The molecule has 1 unspecified atom stereocenters. The van der Waals surface area contributed by atoms with Crippen molar-refractivity contribution in [1.82, 2.24) is 24.5 Å². The van der Waals surface area contributed by atoms with Crippen LogP contribution in [0.2, 0.25) is 0 Å². The first-order chi connectivity index (χ1) is 37.5. The van der Waals surface area contributed by atoms with Crippen molar-refractivity contribution in [3.63, 3.8) is 0 Å². The van der Waals surface area contributed by atoms with E-state index in [1.807, 2.05) is 0 Å². The molecule has 6 heteroatoms. The Morgan fingerprint density at radius 3 is 0.789 bits per heavy atom. The van der Waals surface area contributed by atoms with Gasteiger partial charge in [0.15, 0.2) is 0 Å². The van der Waals surface area contributed by atoms with E-state index in [0.717, 1.165) is 45.8 Å². The maximum Gasteiger partial charge on any atom is 0.236 e. The van der Waals surface area contributed by atoms with E-state index in [1.54, 1.807) is 0 Å². The largest absolute Gasteiger partial charge is 0.339 e. The zero-order valence-electron chi connectivity index (χ0n) is 53.6. The minimum atomic E-state index is 0.392. The Morgan fingerprint density at radius 2 is 0.513 bits per heavy atom. The van der Waals surface area contributed by atoms with Crippen LogP contribution >= 0.6 is 0 Å². The summed E-state index contributed by atoms with van der Waals surface area (Å²) in [7, 11) is 0. The summed E-state index contributed by atoms with van der Waals surface area (Å²) >= 11 is 0. The zero-order valence-corrected chi connectivity index (χ0v) is 53.6. The summed E-state index contributed by atoms with van der Waals surface area (Å²) in [6.45, 7) is 26.7. The molecule has 1 aliphatic rings. The highest BCUT2D eigenvalue weighted by molar-refractivity contribution is 5.78. The molecule has 1 atom stereocenters. The van der Waals surface area contributed by atoms with Crippen LogP contribution in [0.1, 0.15) is 363 Å². The first kappa shape index (κ1) is 73.3. The van der Waals surface area contributed by atoms with Gasteiger partial charge in [-0.3, -0.25) is 19.5 Å². The lowest BCUT2D eigenvalue weighted by Crippen LogP contribution is -2.57. The number of carbonyl (C=O) groups excluding carboxylic acids is 1. The molecule has 454 valence electrons. The highest BCUT2D eigenvalue weighted by atomic mass is 16.2. The summed E-state index contributed by atoms with van der Waals surface area (Å²) < 4.78 is 0. The van der Waals surface area contributed by atoms with Gasteiger partial charge in [-0.1, -0.05) is 324 Å². The van der Waals surface area contributed by atoms with Gasteiger partial charge in [-0.25, -0.2) is 0 Å². The van der Waals surface area contributed by atoms with Crippen LogP contribution in [-0.2, 0) is 4.79 Å². The second kappa shape index (κ2) is 58.9. The monoisotopic (exact) mass is 1070 g/mol. The van der Waals surface area contributed by atoms with Gasteiger partial charge < -0.3 is 9.80 Å². The van der Waals surface area contributed by atoms with Crippen molar-refractivity contribution in [2.75, 3.05) is 78.5 Å². The highest BCUT2D eigenvalue weighted by Crippen LogP contribution is 2.19. The minimum Gasteiger partial charge on any atom is -0.339 e. The summed E-state index contributed by atoms with van der Waals surface area (Å²) in [6, 6.07) is 0. The number of hydrogen-bond donors (Lipinski definition) is 0.